The zero-order chi connectivity index (χ0) is 12.9. The van der Waals surface area contributed by atoms with Crippen LogP contribution in [0, 0.1) is 0 Å². The second kappa shape index (κ2) is 8.13. The van der Waals surface area contributed by atoms with Crippen molar-refractivity contribution >= 4 is 8.80 Å². The molecule has 0 amide bonds. The molecule has 7 heteroatoms. The van der Waals surface area contributed by atoms with E-state index < -0.39 is 8.80 Å². The minimum absolute atomic E-state index is 0. The third-order valence-electron chi connectivity index (χ3n) is 3.73. The van der Waals surface area contributed by atoms with E-state index in [1.54, 1.807) is 21.3 Å². The van der Waals surface area contributed by atoms with Crippen LogP contribution in [0.15, 0.2) is 0 Å². The van der Waals surface area contributed by atoms with Crippen LogP contribution in [0.5, 0.6) is 0 Å². The van der Waals surface area contributed by atoms with Gasteiger partial charge in [-0.25, -0.2) is 0 Å². The van der Waals surface area contributed by atoms with Gasteiger partial charge in [0, 0.05) is 21.3 Å². The summed E-state index contributed by atoms with van der Waals surface area (Å²) in [6, 6.07) is 0. The van der Waals surface area contributed by atoms with Crippen molar-refractivity contribution in [2.24, 2.45) is 0 Å². The summed E-state index contributed by atoms with van der Waals surface area (Å²) in [6.07, 6.45) is 0.923. The van der Waals surface area contributed by atoms with E-state index in [0.29, 0.717) is 0 Å². The molecule has 0 spiro atoms. The lowest BCUT2D eigenvalue weighted by Gasteiger charge is -2.43. The molecular formula is C11H26INO4Si. The standard InChI is InChI=1S/C11H25NO4Si.HI/c1-6-10(17(13-3,14-4)15-5)11(2)9-12-7-8-16-11;/h10,12H,6-9H2,1-5H3;1H. The predicted octanol–water partition coefficient (Wildman–Crippen LogP) is -3.00. The first kappa shape index (κ1) is 18.7. The monoisotopic (exact) mass is 391 g/mol. The number of hydrogen-bond donors (Lipinski definition) is 1. The highest BCUT2D eigenvalue weighted by atomic mass is 127. The minimum Gasteiger partial charge on any atom is -1.00 e. The topological polar surface area (TPSA) is 53.5 Å². The fraction of sp³-hybridized carbons (Fsp3) is 1.00. The van der Waals surface area contributed by atoms with E-state index in [4.69, 9.17) is 18.0 Å². The Morgan fingerprint density at radius 2 is 1.83 bits per heavy atom. The van der Waals surface area contributed by atoms with E-state index in [1.165, 1.54) is 0 Å². The Balaban J connectivity index is 0.00000289. The van der Waals surface area contributed by atoms with Crippen LogP contribution in [0.3, 0.4) is 0 Å². The Morgan fingerprint density at radius 3 is 2.17 bits per heavy atom. The van der Waals surface area contributed by atoms with Gasteiger partial charge < -0.3 is 47.3 Å². The molecule has 1 aliphatic rings. The van der Waals surface area contributed by atoms with Gasteiger partial charge in [0.15, 0.2) is 0 Å². The summed E-state index contributed by atoms with van der Waals surface area (Å²) in [5.41, 5.74) is -0.0760. The van der Waals surface area contributed by atoms with Gasteiger partial charge in [-0.05, 0) is 13.3 Å². The van der Waals surface area contributed by atoms with Crippen molar-refractivity contribution in [3.8, 4) is 0 Å². The first-order valence-electron chi connectivity index (χ1n) is 6.19. The summed E-state index contributed by atoms with van der Waals surface area (Å²) in [5, 5.41) is 2.28. The number of ether oxygens (including phenoxy) is 1. The van der Waals surface area contributed by atoms with Crippen molar-refractivity contribution in [2.45, 2.75) is 31.4 Å². The van der Waals surface area contributed by atoms with Crippen molar-refractivity contribution in [2.75, 3.05) is 41.0 Å². The minimum atomic E-state index is -2.65. The molecule has 0 aromatic rings. The number of nitrogens with two attached hydrogens (primary N) is 1. The maximum absolute atomic E-state index is 5.99. The summed E-state index contributed by atoms with van der Waals surface area (Å²) in [4.78, 5) is 0. The van der Waals surface area contributed by atoms with Crippen molar-refractivity contribution in [3.05, 3.63) is 0 Å². The summed E-state index contributed by atoms with van der Waals surface area (Å²) >= 11 is 0. The molecule has 0 bridgehead atoms. The SMILES string of the molecule is CCC(C1(C)C[NH2+]CCO1)[Si](OC)(OC)OC.[I-]. The van der Waals surface area contributed by atoms with Crippen molar-refractivity contribution < 1.29 is 47.3 Å². The third-order valence-corrected chi connectivity index (χ3v) is 7.31. The van der Waals surface area contributed by atoms with Crippen molar-refractivity contribution in [3.63, 3.8) is 0 Å². The van der Waals surface area contributed by atoms with Crippen LogP contribution in [0.25, 0.3) is 0 Å². The smallest absolute Gasteiger partial charge is 0.506 e. The predicted molar refractivity (Wildman–Crippen MR) is 66.8 cm³/mol. The van der Waals surface area contributed by atoms with Crippen LogP contribution >= 0.6 is 0 Å². The molecule has 0 radical (unpaired) electrons. The molecule has 0 aliphatic carbocycles. The normalized spacial score (nSPS) is 26.5. The molecule has 0 saturated carbocycles. The Morgan fingerprint density at radius 1 is 1.28 bits per heavy atom. The van der Waals surface area contributed by atoms with Crippen LogP contribution in [0.2, 0.25) is 5.54 Å². The summed E-state index contributed by atoms with van der Waals surface area (Å²) in [5.74, 6) is 0. The quantitative estimate of drug-likeness (QED) is 0.388. The molecule has 2 atom stereocenters. The molecule has 1 saturated heterocycles. The van der Waals surface area contributed by atoms with Gasteiger partial charge >= 0.3 is 8.80 Å². The molecule has 2 unspecified atom stereocenters. The number of halogens is 1. The average Bonchev–Trinajstić information content (AvgIpc) is 2.36. The Hall–Kier alpha value is 0.747. The number of hydrogen-bond acceptors (Lipinski definition) is 4. The first-order chi connectivity index (χ1) is 8.08. The lowest BCUT2D eigenvalue weighted by Crippen LogP contribution is -3.00. The fourth-order valence-corrected chi connectivity index (χ4v) is 5.60. The molecule has 0 aromatic carbocycles. The highest BCUT2D eigenvalue weighted by Crippen LogP contribution is 2.39. The second-order valence-corrected chi connectivity index (χ2v) is 7.75. The molecule has 1 fully saturated rings. The van der Waals surface area contributed by atoms with Crippen LogP contribution in [-0.4, -0.2) is 55.4 Å². The molecule has 2 N–H and O–H groups in total. The van der Waals surface area contributed by atoms with Gasteiger partial charge in [-0.2, -0.15) is 0 Å². The van der Waals surface area contributed by atoms with Crippen molar-refractivity contribution in [1.29, 1.82) is 0 Å². The average molecular weight is 391 g/mol. The molecule has 1 heterocycles. The molecular weight excluding hydrogens is 365 g/mol. The molecule has 1 aliphatic heterocycles. The maximum Gasteiger partial charge on any atom is 0.506 e. The van der Waals surface area contributed by atoms with Crippen LogP contribution in [0.4, 0.5) is 0 Å². The molecule has 1 rings (SSSR count). The second-order valence-electron chi connectivity index (χ2n) is 4.62. The van der Waals surface area contributed by atoms with E-state index >= 15 is 0 Å². The highest BCUT2D eigenvalue weighted by Gasteiger charge is 2.57. The lowest BCUT2D eigenvalue weighted by atomic mass is 9.98. The number of quaternary nitrogens is 1. The van der Waals surface area contributed by atoms with Crippen LogP contribution < -0.4 is 29.3 Å². The van der Waals surface area contributed by atoms with Gasteiger partial charge in [0.25, 0.3) is 0 Å². The molecule has 5 nitrogen and oxygen atoms in total. The number of morpholine rings is 1. The fourth-order valence-electron chi connectivity index (χ4n) is 2.80. The summed E-state index contributed by atoms with van der Waals surface area (Å²) < 4.78 is 22.8. The van der Waals surface area contributed by atoms with Gasteiger partial charge in [-0.15, -0.1) is 0 Å². The Bertz CT molecular complexity index is 227. The zero-order valence-electron chi connectivity index (χ0n) is 12.0. The Labute approximate surface area is 128 Å². The van der Waals surface area contributed by atoms with Gasteiger partial charge in [-0.1, -0.05) is 6.92 Å². The van der Waals surface area contributed by atoms with Gasteiger partial charge in [0.1, 0.15) is 12.1 Å². The van der Waals surface area contributed by atoms with Gasteiger partial charge in [0.2, 0.25) is 0 Å². The number of rotatable bonds is 6. The third kappa shape index (κ3) is 3.65. The summed E-state index contributed by atoms with van der Waals surface area (Å²) in [6.45, 7) is 6.99. The van der Waals surface area contributed by atoms with E-state index in [9.17, 15) is 0 Å². The zero-order valence-corrected chi connectivity index (χ0v) is 15.2. The molecule has 18 heavy (non-hydrogen) atoms. The van der Waals surface area contributed by atoms with E-state index in [-0.39, 0.29) is 35.1 Å². The highest BCUT2D eigenvalue weighted by molar-refractivity contribution is 6.62. The maximum atomic E-state index is 5.99. The van der Waals surface area contributed by atoms with Crippen LogP contribution in [-0.2, 0) is 18.0 Å². The van der Waals surface area contributed by atoms with E-state index in [0.717, 1.165) is 26.1 Å². The van der Waals surface area contributed by atoms with Crippen LogP contribution in [0.1, 0.15) is 20.3 Å². The summed E-state index contributed by atoms with van der Waals surface area (Å²) in [7, 11) is 2.34. The Kier molecular flexibility index (Phi) is 8.46. The van der Waals surface area contributed by atoms with Gasteiger partial charge in [-0.3, -0.25) is 0 Å². The molecule has 0 aromatic heterocycles. The van der Waals surface area contributed by atoms with Gasteiger partial charge in [0.05, 0.1) is 18.7 Å². The molecule has 110 valence electrons. The largest absolute Gasteiger partial charge is 1.00 e. The van der Waals surface area contributed by atoms with Crippen molar-refractivity contribution in [1.82, 2.24) is 0 Å². The first-order valence-corrected chi connectivity index (χ1v) is 7.99. The van der Waals surface area contributed by atoms with E-state index in [2.05, 4.69) is 19.2 Å². The lowest BCUT2D eigenvalue weighted by molar-refractivity contribution is -0.685. The van der Waals surface area contributed by atoms with E-state index in [1.807, 2.05) is 0 Å².